The second-order valence-corrected chi connectivity index (χ2v) is 5.11. The predicted octanol–water partition coefficient (Wildman–Crippen LogP) is 0.341. The van der Waals surface area contributed by atoms with E-state index in [1.165, 1.54) is 12.8 Å². The highest BCUT2D eigenvalue weighted by Gasteiger charge is 2.37. The van der Waals surface area contributed by atoms with Crippen LogP contribution >= 0.6 is 0 Å². The molecule has 4 nitrogen and oxygen atoms in total. The molecule has 2 N–H and O–H groups in total. The molecule has 0 aliphatic carbocycles. The highest BCUT2D eigenvalue weighted by atomic mass is 16.2. The van der Waals surface area contributed by atoms with Crippen molar-refractivity contribution in [3.8, 4) is 0 Å². The van der Waals surface area contributed by atoms with E-state index in [1.807, 2.05) is 4.90 Å². The average molecular weight is 225 g/mol. The average Bonchev–Trinajstić information content (AvgIpc) is 2.57. The predicted molar refractivity (Wildman–Crippen MR) is 64.3 cm³/mol. The van der Waals surface area contributed by atoms with Crippen molar-refractivity contribution in [1.82, 2.24) is 15.5 Å². The Bertz CT molecular complexity index is 241. The fraction of sp³-hybridized carbons (Fsp3) is 0.917. The van der Waals surface area contributed by atoms with Crippen molar-refractivity contribution in [2.45, 2.75) is 38.1 Å². The lowest BCUT2D eigenvalue weighted by Crippen LogP contribution is -2.58. The number of piperidine rings is 1. The van der Waals surface area contributed by atoms with Gasteiger partial charge in [-0.2, -0.15) is 0 Å². The van der Waals surface area contributed by atoms with Crippen molar-refractivity contribution in [1.29, 1.82) is 0 Å². The summed E-state index contributed by atoms with van der Waals surface area (Å²) in [6.07, 6.45) is 4.42. The maximum atomic E-state index is 12.5. The van der Waals surface area contributed by atoms with Crippen molar-refractivity contribution in [3.05, 3.63) is 0 Å². The lowest BCUT2D eigenvalue weighted by molar-refractivity contribution is -0.138. The fourth-order valence-electron chi connectivity index (χ4n) is 2.64. The zero-order valence-electron chi connectivity index (χ0n) is 10.2. The van der Waals surface area contributed by atoms with Gasteiger partial charge < -0.3 is 15.5 Å². The van der Waals surface area contributed by atoms with Crippen LogP contribution in [0.2, 0.25) is 0 Å². The molecule has 1 amide bonds. The van der Waals surface area contributed by atoms with Crippen LogP contribution in [0.3, 0.4) is 0 Å². The minimum Gasteiger partial charge on any atom is -0.340 e. The summed E-state index contributed by atoms with van der Waals surface area (Å²) in [5.74, 6) is 0.302. The molecule has 2 fully saturated rings. The summed E-state index contributed by atoms with van der Waals surface area (Å²) >= 11 is 0. The van der Waals surface area contributed by atoms with E-state index in [-0.39, 0.29) is 5.54 Å². The van der Waals surface area contributed by atoms with Gasteiger partial charge in [0, 0.05) is 19.6 Å². The van der Waals surface area contributed by atoms with Crippen LogP contribution in [0.15, 0.2) is 0 Å². The molecule has 92 valence electrons. The van der Waals surface area contributed by atoms with Crippen LogP contribution in [0.25, 0.3) is 0 Å². The zero-order chi connectivity index (χ0) is 11.4. The Labute approximate surface area is 97.8 Å². The van der Waals surface area contributed by atoms with E-state index in [4.69, 9.17) is 0 Å². The number of hydrogen-bond acceptors (Lipinski definition) is 3. The monoisotopic (exact) mass is 225 g/mol. The molecule has 1 atom stereocenters. The molecule has 0 spiro atoms. The van der Waals surface area contributed by atoms with Crippen LogP contribution in [0.1, 0.15) is 32.6 Å². The Kier molecular flexibility index (Phi) is 3.82. The van der Waals surface area contributed by atoms with Crippen molar-refractivity contribution in [2.24, 2.45) is 0 Å². The molecule has 16 heavy (non-hydrogen) atoms. The fourth-order valence-corrected chi connectivity index (χ4v) is 2.64. The van der Waals surface area contributed by atoms with Gasteiger partial charge in [-0.25, -0.2) is 0 Å². The third-order valence-electron chi connectivity index (χ3n) is 3.72. The number of rotatable bonds is 1. The number of amides is 1. The normalized spacial score (nSPS) is 32.2. The molecule has 0 aromatic heterocycles. The van der Waals surface area contributed by atoms with Crippen LogP contribution in [-0.4, -0.2) is 49.1 Å². The molecule has 1 unspecified atom stereocenters. The first kappa shape index (κ1) is 11.9. The van der Waals surface area contributed by atoms with E-state index >= 15 is 0 Å². The molecule has 2 saturated heterocycles. The molecule has 2 aliphatic rings. The molecule has 4 heteroatoms. The van der Waals surface area contributed by atoms with Crippen LogP contribution in [0.5, 0.6) is 0 Å². The maximum absolute atomic E-state index is 12.5. The molecule has 0 saturated carbocycles. The number of carbonyl (C=O) groups excluding carboxylic acids is 1. The number of nitrogens with one attached hydrogen (secondary N) is 2. The van der Waals surface area contributed by atoms with E-state index in [2.05, 4.69) is 17.6 Å². The van der Waals surface area contributed by atoms with Crippen molar-refractivity contribution in [3.63, 3.8) is 0 Å². The minimum absolute atomic E-state index is 0.302. The smallest absolute Gasteiger partial charge is 0.242 e. The zero-order valence-corrected chi connectivity index (χ0v) is 10.2. The quantitative estimate of drug-likeness (QED) is 0.676. The van der Waals surface area contributed by atoms with Crippen LogP contribution in [0.4, 0.5) is 0 Å². The molecular formula is C12H23N3O. The second-order valence-electron chi connectivity index (χ2n) is 5.11. The van der Waals surface area contributed by atoms with Gasteiger partial charge >= 0.3 is 0 Å². The number of hydrogen-bond donors (Lipinski definition) is 2. The highest BCUT2D eigenvalue weighted by molar-refractivity contribution is 5.86. The summed E-state index contributed by atoms with van der Waals surface area (Å²) in [4.78, 5) is 14.5. The van der Waals surface area contributed by atoms with Gasteiger partial charge in [-0.05, 0) is 45.7 Å². The minimum atomic E-state index is -0.303. The summed E-state index contributed by atoms with van der Waals surface area (Å²) in [6.45, 7) is 6.77. The summed E-state index contributed by atoms with van der Waals surface area (Å²) < 4.78 is 0. The van der Waals surface area contributed by atoms with Crippen LogP contribution in [-0.2, 0) is 4.79 Å². The third-order valence-corrected chi connectivity index (χ3v) is 3.72. The van der Waals surface area contributed by atoms with E-state index in [0.29, 0.717) is 5.91 Å². The van der Waals surface area contributed by atoms with Gasteiger partial charge in [-0.3, -0.25) is 4.79 Å². The molecule has 0 aromatic rings. The highest BCUT2D eigenvalue weighted by Crippen LogP contribution is 2.21. The van der Waals surface area contributed by atoms with Gasteiger partial charge in [-0.15, -0.1) is 0 Å². The molecule has 0 aromatic carbocycles. The number of carbonyl (C=O) groups is 1. The topological polar surface area (TPSA) is 44.4 Å². The van der Waals surface area contributed by atoms with E-state index < -0.39 is 0 Å². The van der Waals surface area contributed by atoms with Crippen LogP contribution in [0, 0.1) is 0 Å². The van der Waals surface area contributed by atoms with Gasteiger partial charge in [0.15, 0.2) is 0 Å². The lowest BCUT2D eigenvalue weighted by atomic mass is 9.89. The van der Waals surface area contributed by atoms with Gasteiger partial charge in [0.1, 0.15) is 0 Å². The van der Waals surface area contributed by atoms with Crippen molar-refractivity contribution < 1.29 is 4.79 Å². The first-order valence-corrected chi connectivity index (χ1v) is 6.47. The largest absolute Gasteiger partial charge is 0.340 e. The summed E-state index contributed by atoms with van der Waals surface area (Å²) in [7, 11) is 0. The van der Waals surface area contributed by atoms with Crippen molar-refractivity contribution in [2.75, 3.05) is 32.7 Å². The summed E-state index contributed by atoms with van der Waals surface area (Å²) in [6, 6.07) is 0. The molecule has 2 heterocycles. The number of nitrogens with zero attached hydrogens (tertiary/aromatic N) is 1. The first-order valence-electron chi connectivity index (χ1n) is 6.47. The SMILES string of the molecule is CC1(C(=O)N2CCCNCC2)CCCCN1. The van der Waals surface area contributed by atoms with E-state index in [9.17, 15) is 4.79 Å². The summed E-state index contributed by atoms with van der Waals surface area (Å²) in [5.41, 5.74) is -0.303. The van der Waals surface area contributed by atoms with Gasteiger partial charge in [0.2, 0.25) is 5.91 Å². The molecule has 0 radical (unpaired) electrons. The molecule has 2 aliphatic heterocycles. The Hall–Kier alpha value is -0.610. The molecule has 0 bridgehead atoms. The van der Waals surface area contributed by atoms with Crippen LogP contribution < -0.4 is 10.6 Å². The molecule has 2 rings (SSSR count). The second kappa shape index (κ2) is 5.15. The van der Waals surface area contributed by atoms with E-state index in [1.54, 1.807) is 0 Å². The summed E-state index contributed by atoms with van der Waals surface area (Å²) in [5, 5.41) is 6.73. The van der Waals surface area contributed by atoms with Crippen molar-refractivity contribution >= 4 is 5.91 Å². The van der Waals surface area contributed by atoms with Gasteiger partial charge in [0.25, 0.3) is 0 Å². The first-order chi connectivity index (χ1) is 7.72. The Morgan fingerprint density at radius 1 is 1.12 bits per heavy atom. The molecular weight excluding hydrogens is 202 g/mol. The Morgan fingerprint density at radius 2 is 2.00 bits per heavy atom. The maximum Gasteiger partial charge on any atom is 0.242 e. The lowest BCUT2D eigenvalue weighted by Gasteiger charge is -2.37. The Morgan fingerprint density at radius 3 is 2.75 bits per heavy atom. The Balaban J connectivity index is 1.98. The third kappa shape index (κ3) is 2.55. The van der Waals surface area contributed by atoms with E-state index in [0.717, 1.165) is 45.6 Å². The standard InChI is InChI=1S/C12H23N3O/c1-12(5-2-3-7-14-12)11(16)15-9-4-6-13-8-10-15/h13-14H,2-10H2,1H3. The van der Waals surface area contributed by atoms with Gasteiger partial charge in [0.05, 0.1) is 5.54 Å². The van der Waals surface area contributed by atoms with Gasteiger partial charge in [-0.1, -0.05) is 0 Å².